The fraction of sp³-hybridized carbons (Fsp3) is 0.545. The van der Waals surface area contributed by atoms with Crippen LogP contribution in [0, 0.1) is 0 Å². The minimum absolute atomic E-state index is 0.483. The first-order chi connectivity index (χ1) is 7.63. The van der Waals surface area contributed by atoms with Crippen molar-refractivity contribution >= 4 is 33.2 Å². The lowest BCUT2D eigenvalue weighted by Crippen LogP contribution is -2.30. The highest BCUT2D eigenvalue weighted by molar-refractivity contribution is 9.11. The molecule has 1 N–H and O–H groups in total. The molecule has 1 aliphatic rings. The standard InChI is InChI=1S/C11H14BrNO2S/c1-2-4-13-5-3-7-8(6-13)16-10(12)9(7)11(14)15/h2-6H2,1H3,(H,14,15). The molecule has 0 atom stereocenters. The summed E-state index contributed by atoms with van der Waals surface area (Å²) in [4.78, 5) is 14.7. The topological polar surface area (TPSA) is 40.5 Å². The number of carboxylic acids is 1. The zero-order valence-electron chi connectivity index (χ0n) is 9.12. The average Bonchev–Trinajstić information content (AvgIpc) is 2.53. The summed E-state index contributed by atoms with van der Waals surface area (Å²) in [6, 6.07) is 0. The van der Waals surface area contributed by atoms with Crippen LogP contribution in [0.3, 0.4) is 0 Å². The molecule has 0 fully saturated rings. The molecule has 0 saturated heterocycles. The lowest BCUT2D eigenvalue weighted by atomic mass is 10.0. The maximum absolute atomic E-state index is 11.1. The summed E-state index contributed by atoms with van der Waals surface area (Å²) in [6.07, 6.45) is 2.01. The number of halogens is 1. The van der Waals surface area contributed by atoms with Gasteiger partial charge in [-0.1, -0.05) is 6.92 Å². The number of fused-ring (bicyclic) bond motifs is 1. The fourth-order valence-corrected chi connectivity index (χ4v) is 4.24. The highest BCUT2D eigenvalue weighted by Gasteiger charge is 2.26. The Bertz CT molecular complexity index is 416. The predicted octanol–water partition coefficient (Wildman–Crippen LogP) is 2.98. The van der Waals surface area contributed by atoms with Crippen LogP contribution in [-0.2, 0) is 13.0 Å². The van der Waals surface area contributed by atoms with Crippen LogP contribution < -0.4 is 0 Å². The molecule has 88 valence electrons. The van der Waals surface area contributed by atoms with Crippen LogP contribution in [-0.4, -0.2) is 29.1 Å². The maximum Gasteiger partial charge on any atom is 0.338 e. The van der Waals surface area contributed by atoms with E-state index in [2.05, 4.69) is 27.8 Å². The number of hydrogen-bond acceptors (Lipinski definition) is 3. The Labute approximate surface area is 107 Å². The molecule has 0 bridgehead atoms. The summed E-state index contributed by atoms with van der Waals surface area (Å²) in [5.41, 5.74) is 1.52. The van der Waals surface area contributed by atoms with Crippen LogP contribution >= 0.6 is 27.3 Å². The van der Waals surface area contributed by atoms with Gasteiger partial charge in [-0.15, -0.1) is 11.3 Å². The van der Waals surface area contributed by atoms with E-state index in [-0.39, 0.29) is 0 Å². The summed E-state index contributed by atoms with van der Waals surface area (Å²) in [7, 11) is 0. The van der Waals surface area contributed by atoms with Crippen molar-refractivity contribution in [3.63, 3.8) is 0 Å². The first kappa shape index (κ1) is 12.1. The normalized spacial score (nSPS) is 16.1. The number of aromatic carboxylic acids is 1. The summed E-state index contributed by atoms with van der Waals surface area (Å²) < 4.78 is 0.767. The van der Waals surface area contributed by atoms with Gasteiger partial charge in [0.05, 0.1) is 9.35 Å². The van der Waals surface area contributed by atoms with Gasteiger partial charge in [-0.3, -0.25) is 4.90 Å². The Hall–Kier alpha value is -0.390. The molecular weight excluding hydrogens is 290 g/mol. The van der Waals surface area contributed by atoms with Gasteiger partial charge < -0.3 is 5.11 Å². The SMILES string of the molecule is CCCN1CCc2c(sc(Br)c2C(=O)O)C1. The Kier molecular flexibility index (Phi) is 3.66. The minimum Gasteiger partial charge on any atom is -0.478 e. The van der Waals surface area contributed by atoms with Crippen molar-refractivity contribution < 1.29 is 9.90 Å². The zero-order valence-corrected chi connectivity index (χ0v) is 11.5. The van der Waals surface area contributed by atoms with Crippen molar-refractivity contribution in [1.29, 1.82) is 0 Å². The van der Waals surface area contributed by atoms with Crippen LogP contribution in [0.25, 0.3) is 0 Å². The lowest BCUT2D eigenvalue weighted by Gasteiger charge is -2.26. The fourth-order valence-electron chi connectivity index (χ4n) is 2.14. The van der Waals surface area contributed by atoms with Gasteiger partial charge in [0.2, 0.25) is 0 Å². The van der Waals surface area contributed by atoms with E-state index < -0.39 is 5.97 Å². The molecule has 1 aromatic heterocycles. The van der Waals surface area contributed by atoms with E-state index in [1.54, 1.807) is 11.3 Å². The van der Waals surface area contributed by atoms with Gasteiger partial charge in [-0.2, -0.15) is 0 Å². The van der Waals surface area contributed by atoms with Gasteiger partial charge in [-0.25, -0.2) is 4.79 Å². The van der Waals surface area contributed by atoms with E-state index in [4.69, 9.17) is 5.11 Å². The second-order valence-electron chi connectivity index (χ2n) is 3.98. The minimum atomic E-state index is -0.812. The van der Waals surface area contributed by atoms with Crippen LogP contribution in [0.4, 0.5) is 0 Å². The third-order valence-electron chi connectivity index (χ3n) is 2.85. The smallest absolute Gasteiger partial charge is 0.338 e. The summed E-state index contributed by atoms with van der Waals surface area (Å²) in [5, 5.41) is 9.14. The number of carbonyl (C=O) groups is 1. The van der Waals surface area contributed by atoms with E-state index >= 15 is 0 Å². The first-order valence-electron chi connectivity index (χ1n) is 5.39. The van der Waals surface area contributed by atoms with Gasteiger partial charge in [0.1, 0.15) is 0 Å². The van der Waals surface area contributed by atoms with Crippen molar-refractivity contribution in [2.75, 3.05) is 13.1 Å². The van der Waals surface area contributed by atoms with Crippen LogP contribution in [0.5, 0.6) is 0 Å². The molecule has 0 aliphatic carbocycles. The van der Waals surface area contributed by atoms with Crippen molar-refractivity contribution in [3.8, 4) is 0 Å². The van der Waals surface area contributed by atoms with Crippen molar-refractivity contribution in [3.05, 3.63) is 19.8 Å². The maximum atomic E-state index is 11.1. The van der Waals surface area contributed by atoms with E-state index in [1.807, 2.05) is 0 Å². The van der Waals surface area contributed by atoms with Gasteiger partial charge in [0, 0.05) is 18.0 Å². The largest absolute Gasteiger partial charge is 0.478 e. The number of nitrogens with zero attached hydrogens (tertiary/aromatic N) is 1. The molecule has 1 aromatic rings. The van der Waals surface area contributed by atoms with E-state index in [0.717, 1.165) is 41.8 Å². The van der Waals surface area contributed by atoms with Gasteiger partial charge in [-0.05, 0) is 40.9 Å². The molecule has 0 amide bonds. The Morgan fingerprint density at radius 2 is 2.38 bits per heavy atom. The number of hydrogen-bond donors (Lipinski definition) is 1. The molecular formula is C11H14BrNO2S. The average molecular weight is 304 g/mol. The number of thiophene rings is 1. The number of carboxylic acid groups (broad SMARTS) is 1. The second kappa shape index (κ2) is 4.85. The van der Waals surface area contributed by atoms with Crippen molar-refractivity contribution in [2.45, 2.75) is 26.3 Å². The molecule has 5 heteroatoms. The van der Waals surface area contributed by atoms with Gasteiger partial charge in [0.15, 0.2) is 0 Å². The van der Waals surface area contributed by atoms with Gasteiger partial charge in [0.25, 0.3) is 0 Å². The second-order valence-corrected chi connectivity index (χ2v) is 6.41. The monoisotopic (exact) mass is 303 g/mol. The van der Waals surface area contributed by atoms with E-state index in [1.165, 1.54) is 4.88 Å². The van der Waals surface area contributed by atoms with Crippen molar-refractivity contribution in [1.82, 2.24) is 4.90 Å². The molecule has 3 nitrogen and oxygen atoms in total. The van der Waals surface area contributed by atoms with Gasteiger partial charge >= 0.3 is 5.97 Å². The van der Waals surface area contributed by atoms with E-state index in [9.17, 15) is 4.79 Å². The molecule has 0 spiro atoms. The molecule has 2 heterocycles. The highest BCUT2D eigenvalue weighted by atomic mass is 79.9. The molecule has 1 aliphatic heterocycles. The summed E-state index contributed by atoms with van der Waals surface area (Å²) >= 11 is 4.92. The Morgan fingerprint density at radius 1 is 1.62 bits per heavy atom. The Morgan fingerprint density at radius 3 is 3.00 bits per heavy atom. The first-order valence-corrected chi connectivity index (χ1v) is 7.00. The third-order valence-corrected chi connectivity index (χ3v) is 4.73. The molecule has 0 aromatic carbocycles. The predicted molar refractivity (Wildman–Crippen MR) is 68.3 cm³/mol. The lowest BCUT2D eigenvalue weighted by molar-refractivity contribution is 0.0694. The van der Waals surface area contributed by atoms with Crippen molar-refractivity contribution in [2.24, 2.45) is 0 Å². The molecule has 16 heavy (non-hydrogen) atoms. The summed E-state index contributed by atoms with van der Waals surface area (Å²) in [5.74, 6) is -0.812. The quantitative estimate of drug-likeness (QED) is 0.933. The van der Waals surface area contributed by atoms with E-state index in [0.29, 0.717) is 5.56 Å². The van der Waals surface area contributed by atoms with Crippen LogP contribution in [0.1, 0.15) is 34.1 Å². The summed E-state index contributed by atoms with van der Waals surface area (Å²) in [6.45, 7) is 5.14. The Balaban J connectivity index is 2.28. The third kappa shape index (κ3) is 2.17. The molecule has 0 unspecified atom stereocenters. The number of rotatable bonds is 3. The van der Waals surface area contributed by atoms with Crippen LogP contribution in [0.2, 0.25) is 0 Å². The highest BCUT2D eigenvalue weighted by Crippen LogP contribution is 2.36. The molecule has 2 rings (SSSR count). The van der Waals surface area contributed by atoms with Crippen LogP contribution in [0.15, 0.2) is 3.79 Å². The molecule has 0 radical (unpaired) electrons. The molecule has 0 saturated carbocycles. The zero-order chi connectivity index (χ0) is 11.7.